The molecule has 35 heavy (non-hydrogen) atoms. The molecule has 5 rings (SSSR count). The van der Waals surface area contributed by atoms with Crippen LogP contribution in [0.25, 0.3) is 11.1 Å². The summed E-state index contributed by atoms with van der Waals surface area (Å²) in [4.78, 5) is 35.6. The first-order chi connectivity index (χ1) is 17.0. The third-order valence-corrected chi connectivity index (χ3v) is 6.80. The molecule has 0 unspecified atom stereocenters. The molecule has 0 spiro atoms. The first-order valence-corrected chi connectivity index (χ1v) is 11.9. The lowest BCUT2D eigenvalue weighted by atomic mass is 9.83. The minimum absolute atomic E-state index is 0.0659. The van der Waals surface area contributed by atoms with Crippen molar-refractivity contribution >= 4 is 23.5 Å². The normalized spacial score (nSPS) is 21.5. The molecule has 10 nitrogen and oxygen atoms in total. The molecule has 2 aromatic heterocycles. The van der Waals surface area contributed by atoms with E-state index in [2.05, 4.69) is 25.5 Å². The minimum Gasteiger partial charge on any atom is -0.377 e. The Balaban J connectivity index is 1.11. The van der Waals surface area contributed by atoms with Crippen molar-refractivity contribution in [2.45, 2.75) is 31.8 Å². The number of carbonyl (C=O) groups is 2. The lowest BCUT2D eigenvalue weighted by Crippen LogP contribution is -2.45. The predicted octanol–water partition coefficient (Wildman–Crippen LogP) is 2.27. The Kier molecular flexibility index (Phi) is 6.71. The molecule has 3 atom stereocenters. The number of carbonyl (C=O) groups excluding carboxylic acids is 2. The third-order valence-electron chi connectivity index (χ3n) is 6.80. The maximum atomic E-state index is 12.8. The summed E-state index contributed by atoms with van der Waals surface area (Å²) in [6, 6.07) is 11.6. The summed E-state index contributed by atoms with van der Waals surface area (Å²) in [7, 11) is 0. The smallest absolute Gasteiger partial charge is 0.239 e. The van der Waals surface area contributed by atoms with Crippen molar-refractivity contribution in [2.24, 2.45) is 11.8 Å². The van der Waals surface area contributed by atoms with Gasteiger partial charge in [0.15, 0.2) is 0 Å². The van der Waals surface area contributed by atoms with Gasteiger partial charge in [-0.15, -0.1) is 5.10 Å². The standard InChI is InChI=1S/C25H29N7O3/c26-25-29-22(30-31-25)6-7-24(34)32-10-8-20-18(14-32)15-35-21(20)12-23(33)28-19-5-1-3-16(11-19)17-4-2-9-27-13-17/h1-5,9,11,13,18,20-21H,6-8,10,12,14-15H2,(H,28,33)(H3,26,29,30,31)/t18-,20-,21-/m1/s1. The van der Waals surface area contributed by atoms with E-state index in [1.165, 1.54) is 0 Å². The number of piperidine rings is 1. The minimum atomic E-state index is -0.129. The van der Waals surface area contributed by atoms with Crippen LogP contribution in [0, 0.1) is 11.8 Å². The molecular weight excluding hydrogens is 446 g/mol. The Labute approximate surface area is 203 Å². The predicted molar refractivity (Wildman–Crippen MR) is 130 cm³/mol. The first kappa shape index (κ1) is 23.0. The Bertz CT molecular complexity index is 1180. The SMILES string of the molecule is Nc1n[nH]c(CCC(=O)N2CC[C@@H]3[C@@H](CO[C@@H]3CC(=O)Nc3cccc(-c4cccnc4)c3)C2)n1. The average molecular weight is 476 g/mol. The van der Waals surface area contributed by atoms with Crippen LogP contribution in [-0.2, 0) is 20.7 Å². The molecule has 2 aliphatic heterocycles. The molecule has 0 bridgehead atoms. The molecule has 4 N–H and O–H groups in total. The van der Waals surface area contributed by atoms with Crippen LogP contribution in [0.1, 0.15) is 25.1 Å². The zero-order chi connectivity index (χ0) is 24.2. The molecule has 2 fully saturated rings. The number of ether oxygens (including phenoxy) is 1. The second-order valence-electron chi connectivity index (χ2n) is 9.14. The van der Waals surface area contributed by atoms with Crippen LogP contribution in [0.5, 0.6) is 0 Å². The number of fused-ring (bicyclic) bond motifs is 1. The van der Waals surface area contributed by atoms with Crippen LogP contribution in [0.3, 0.4) is 0 Å². The van der Waals surface area contributed by atoms with Crippen LogP contribution >= 0.6 is 0 Å². The maximum Gasteiger partial charge on any atom is 0.239 e. The van der Waals surface area contributed by atoms with Gasteiger partial charge >= 0.3 is 0 Å². The van der Waals surface area contributed by atoms with Crippen molar-refractivity contribution in [1.82, 2.24) is 25.1 Å². The van der Waals surface area contributed by atoms with Crippen molar-refractivity contribution in [3.8, 4) is 11.1 Å². The van der Waals surface area contributed by atoms with Crippen molar-refractivity contribution in [3.63, 3.8) is 0 Å². The number of benzene rings is 1. The van der Waals surface area contributed by atoms with Crippen LogP contribution in [-0.4, -0.2) is 62.7 Å². The molecule has 4 heterocycles. The molecule has 2 aliphatic rings. The topological polar surface area (TPSA) is 139 Å². The highest BCUT2D eigenvalue weighted by Crippen LogP contribution is 2.36. The van der Waals surface area contributed by atoms with Gasteiger partial charge < -0.3 is 20.7 Å². The second kappa shape index (κ2) is 10.2. The number of amides is 2. The van der Waals surface area contributed by atoms with Crippen molar-refractivity contribution in [2.75, 3.05) is 30.7 Å². The number of hydrogen-bond donors (Lipinski definition) is 3. The summed E-state index contributed by atoms with van der Waals surface area (Å²) < 4.78 is 6.02. The Morgan fingerprint density at radius 1 is 1.23 bits per heavy atom. The lowest BCUT2D eigenvalue weighted by Gasteiger charge is -2.35. The molecule has 0 radical (unpaired) electrons. The number of pyridine rings is 1. The van der Waals surface area contributed by atoms with Gasteiger partial charge in [0.1, 0.15) is 5.82 Å². The number of aromatic amines is 1. The molecule has 0 aliphatic carbocycles. The summed E-state index contributed by atoms with van der Waals surface area (Å²) in [5.74, 6) is 1.36. The number of rotatable bonds is 7. The van der Waals surface area contributed by atoms with Crippen LogP contribution in [0.2, 0.25) is 0 Å². The first-order valence-electron chi connectivity index (χ1n) is 11.9. The van der Waals surface area contributed by atoms with Crippen molar-refractivity contribution in [1.29, 1.82) is 0 Å². The van der Waals surface area contributed by atoms with E-state index in [0.717, 1.165) is 23.2 Å². The highest BCUT2D eigenvalue weighted by atomic mass is 16.5. The van der Waals surface area contributed by atoms with Gasteiger partial charge in [-0.1, -0.05) is 18.2 Å². The molecule has 1 aromatic carbocycles. The zero-order valence-electron chi connectivity index (χ0n) is 19.4. The van der Waals surface area contributed by atoms with E-state index in [1.54, 1.807) is 12.4 Å². The number of nitrogens with two attached hydrogens (primary N) is 1. The number of hydrogen-bond acceptors (Lipinski definition) is 7. The fourth-order valence-corrected chi connectivity index (χ4v) is 5.03. The summed E-state index contributed by atoms with van der Waals surface area (Å²) in [5, 5.41) is 9.54. The average Bonchev–Trinajstić information content (AvgIpc) is 3.48. The Morgan fingerprint density at radius 3 is 2.91 bits per heavy atom. The Hall–Kier alpha value is -3.79. The van der Waals surface area contributed by atoms with E-state index in [-0.39, 0.29) is 35.7 Å². The molecule has 2 saturated heterocycles. The number of H-pyrrole nitrogens is 1. The summed E-state index contributed by atoms with van der Waals surface area (Å²) >= 11 is 0. The molecule has 2 amide bonds. The van der Waals surface area contributed by atoms with Gasteiger partial charge in [-0.05, 0) is 36.1 Å². The van der Waals surface area contributed by atoms with Gasteiger partial charge in [-0.25, -0.2) is 0 Å². The molecule has 3 aromatic rings. The molecular formula is C25H29N7O3. The number of nitrogen functional groups attached to an aromatic ring is 1. The van der Waals surface area contributed by atoms with E-state index >= 15 is 0 Å². The fraction of sp³-hybridized carbons (Fsp3) is 0.400. The van der Waals surface area contributed by atoms with Gasteiger partial charge in [0.2, 0.25) is 17.8 Å². The van der Waals surface area contributed by atoms with Gasteiger partial charge in [-0.3, -0.25) is 19.7 Å². The fourth-order valence-electron chi connectivity index (χ4n) is 5.03. The lowest BCUT2D eigenvalue weighted by molar-refractivity contribution is -0.133. The largest absolute Gasteiger partial charge is 0.377 e. The van der Waals surface area contributed by atoms with Gasteiger partial charge in [0.05, 0.1) is 19.1 Å². The van der Waals surface area contributed by atoms with E-state index in [1.807, 2.05) is 41.3 Å². The summed E-state index contributed by atoms with van der Waals surface area (Å²) in [5.41, 5.74) is 8.26. The van der Waals surface area contributed by atoms with E-state index in [0.29, 0.717) is 44.8 Å². The molecule has 10 heteroatoms. The highest BCUT2D eigenvalue weighted by molar-refractivity contribution is 5.91. The molecule has 0 saturated carbocycles. The summed E-state index contributed by atoms with van der Waals surface area (Å²) in [6.45, 7) is 1.90. The van der Waals surface area contributed by atoms with Crippen molar-refractivity contribution in [3.05, 3.63) is 54.6 Å². The highest BCUT2D eigenvalue weighted by Gasteiger charge is 2.42. The molecule has 182 valence electrons. The zero-order valence-corrected chi connectivity index (χ0v) is 19.4. The van der Waals surface area contributed by atoms with Gasteiger partial charge in [-0.2, -0.15) is 4.98 Å². The van der Waals surface area contributed by atoms with E-state index in [9.17, 15) is 9.59 Å². The number of aromatic nitrogens is 4. The summed E-state index contributed by atoms with van der Waals surface area (Å²) in [6.07, 6.45) is 5.38. The Morgan fingerprint density at radius 2 is 2.11 bits per heavy atom. The maximum absolute atomic E-state index is 12.8. The second-order valence-corrected chi connectivity index (χ2v) is 9.14. The van der Waals surface area contributed by atoms with E-state index < -0.39 is 0 Å². The third kappa shape index (κ3) is 5.48. The number of aryl methyl sites for hydroxylation is 1. The number of nitrogens with zero attached hydrogens (tertiary/aromatic N) is 4. The van der Waals surface area contributed by atoms with Crippen LogP contribution in [0.15, 0.2) is 48.8 Å². The van der Waals surface area contributed by atoms with Crippen molar-refractivity contribution < 1.29 is 14.3 Å². The quantitative estimate of drug-likeness (QED) is 0.476. The van der Waals surface area contributed by atoms with Crippen LogP contribution in [0.4, 0.5) is 11.6 Å². The monoisotopic (exact) mass is 475 g/mol. The van der Waals surface area contributed by atoms with Crippen LogP contribution < -0.4 is 11.1 Å². The van der Waals surface area contributed by atoms with E-state index in [4.69, 9.17) is 10.5 Å². The number of anilines is 2. The number of nitrogens with one attached hydrogen (secondary N) is 2. The number of likely N-dealkylation sites (tertiary alicyclic amines) is 1. The van der Waals surface area contributed by atoms with Gasteiger partial charge in [0.25, 0.3) is 0 Å². The van der Waals surface area contributed by atoms with Gasteiger partial charge in [0, 0.05) is 55.5 Å².